The minimum atomic E-state index is -0.523. The molecular weight excluding hydrogens is 485 g/mol. The molecule has 0 atom stereocenters. The quantitative estimate of drug-likeness (QED) is 0.365. The number of rotatable bonds is 4. The summed E-state index contributed by atoms with van der Waals surface area (Å²) in [5.41, 5.74) is 4.32. The van der Waals surface area contributed by atoms with Gasteiger partial charge in [-0.3, -0.25) is 9.36 Å². The highest BCUT2D eigenvalue weighted by molar-refractivity contribution is 5.87. The SMILES string of the molecule is Cn1c2c(c3ccc(-n4ccc(OCc5ccc(F)cc5)cc4=O)cc31)CCN(C(=O)OC(C)(C)C)CC2. The van der Waals surface area contributed by atoms with Gasteiger partial charge in [-0.05, 0) is 68.7 Å². The Labute approximate surface area is 221 Å². The van der Waals surface area contributed by atoms with Gasteiger partial charge in [-0.25, -0.2) is 9.18 Å². The summed E-state index contributed by atoms with van der Waals surface area (Å²) in [6, 6.07) is 15.3. The lowest BCUT2D eigenvalue weighted by Crippen LogP contribution is -2.38. The molecule has 0 spiro atoms. The lowest BCUT2D eigenvalue weighted by atomic mass is 10.1. The van der Waals surface area contributed by atoms with Crippen LogP contribution in [0.15, 0.2) is 65.6 Å². The summed E-state index contributed by atoms with van der Waals surface area (Å²) in [5.74, 6) is 0.155. The monoisotopic (exact) mass is 517 g/mol. The smallest absolute Gasteiger partial charge is 0.410 e. The molecular formula is C30H32FN3O4. The van der Waals surface area contributed by atoms with Crippen molar-refractivity contribution in [2.45, 2.75) is 45.8 Å². The number of benzene rings is 2. The number of ether oxygens (including phenoxy) is 2. The molecule has 0 saturated heterocycles. The number of hydrogen-bond acceptors (Lipinski definition) is 4. The summed E-state index contributed by atoms with van der Waals surface area (Å²) in [5, 5.41) is 1.13. The topological polar surface area (TPSA) is 65.7 Å². The van der Waals surface area contributed by atoms with E-state index in [1.165, 1.54) is 29.5 Å². The maximum absolute atomic E-state index is 13.1. The molecule has 0 fully saturated rings. The Morgan fingerprint density at radius 1 is 1.00 bits per heavy atom. The number of nitrogens with zero attached hydrogens (tertiary/aromatic N) is 3. The van der Waals surface area contributed by atoms with Gasteiger partial charge in [0.25, 0.3) is 5.56 Å². The summed E-state index contributed by atoms with van der Waals surface area (Å²) >= 11 is 0. The van der Waals surface area contributed by atoms with Gasteiger partial charge in [0.15, 0.2) is 0 Å². The van der Waals surface area contributed by atoms with Crippen LogP contribution in [-0.4, -0.2) is 38.8 Å². The van der Waals surface area contributed by atoms with Crippen LogP contribution in [0.5, 0.6) is 5.75 Å². The molecule has 2 aromatic carbocycles. The van der Waals surface area contributed by atoms with Crippen LogP contribution in [0.1, 0.15) is 37.6 Å². The highest BCUT2D eigenvalue weighted by Crippen LogP contribution is 2.30. The molecule has 0 aliphatic carbocycles. The molecule has 0 saturated carbocycles. The zero-order valence-electron chi connectivity index (χ0n) is 22.2. The number of carbonyl (C=O) groups excluding carboxylic acids is 1. The van der Waals surface area contributed by atoms with Crippen LogP contribution in [-0.2, 0) is 31.2 Å². The third kappa shape index (κ3) is 5.30. The molecule has 1 aliphatic heterocycles. The van der Waals surface area contributed by atoms with E-state index in [1.807, 2.05) is 40.0 Å². The Morgan fingerprint density at radius 3 is 2.45 bits per heavy atom. The maximum atomic E-state index is 13.1. The van der Waals surface area contributed by atoms with E-state index in [9.17, 15) is 14.0 Å². The number of carbonyl (C=O) groups is 1. The Morgan fingerprint density at radius 2 is 1.74 bits per heavy atom. The number of fused-ring (bicyclic) bond motifs is 3. The van der Waals surface area contributed by atoms with Crippen LogP contribution >= 0.6 is 0 Å². The summed E-state index contributed by atoms with van der Waals surface area (Å²) < 4.78 is 28.2. The fourth-order valence-corrected chi connectivity index (χ4v) is 4.92. The normalized spacial score (nSPS) is 13.8. The number of hydrogen-bond donors (Lipinski definition) is 0. The molecule has 0 unspecified atom stereocenters. The number of aromatic nitrogens is 2. The molecule has 7 nitrogen and oxygen atoms in total. The standard InChI is InChI=1S/C30H32FN3O4/c1-30(2,3)38-29(36)33-14-12-25-24-10-9-22(17-27(24)32(4)26(25)13-15-33)34-16-11-23(18-28(34)35)37-19-20-5-7-21(31)8-6-20/h5-11,16-18H,12-15,19H2,1-4H3. The van der Waals surface area contributed by atoms with Crippen molar-refractivity contribution in [1.82, 2.24) is 14.0 Å². The van der Waals surface area contributed by atoms with Crippen molar-refractivity contribution in [3.63, 3.8) is 0 Å². The summed E-state index contributed by atoms with van der Waals surface area (Å²) in [6.07, 6.45) is 2.90. The maximum Gasteiger partial charge on any atom is 0.410 e. The van der Waals surface area contributed by atoms with Crippen molar-refractivity contribution in [3.8, 4) is 11.4 Å². The van der Waals surface area contributed by atoms with E-state index in [0.717, 1.165) is 35.0 Å². The Kier molecular flexibility index (Phi) is 6.73. The molecule has 2 aromatic heterocycles. The lowest BCUT2D eigenvalue weighted by molar-refractivity contribution is 0.0258. The Bertz CT molecular complexity index is 1550. The average Bonchev–Trinajstić information content (AvgIpc) is 3.00. The fourth-order valence-electron chi connectivity index (χ4n) is 4.92. The first-order chi connectivity index (χ1) is 18.1. The van der Waals surface area contributed by atoms with Gasteiger partial charge in [0.1, 0.15) is 23.8 Å². The Hall–Kier alpha value is -4.07. The predicted molar refractivity (Wildman–Crippen MR) is 144 cm³/mol. The van der Waals surface area contributed by atoms with E-state index >= 15 is 0 Å². The number of pyridine rings is 1. The van der Waals surface area contributed by atoms with Gasteiger partial charge in [0, 0.05) is 49.9 Å². The largest absolute Gasteiger partial charge is 0.489 e. The van der Waals surface area contributed by atoms with Crippen LogP contribution in [0.4, 0.5) is 9.18 Å². The highest BCUT2D eigenvalue weighted by atomic mass is 19.1. The number of aryl methyl sites for hydroxylation is 1. The van der Waals surface area contributed by atoms with Crippen LogP contribution in [0.3, 0.4) is 0 Å². The predicted octanol–water partition coefficient (Wildman–Crippen LogP) is 5.38. The van der Waals surface area contributed by atoms with E-state index in [2.05, 4.69) is 10.6 Å². The molecule has 1 amide bonds. The first kappa shape index (κ1) is 25.6. The highest BCUT2D eigenvalue weighted by Gasteiger charge is 2.26. The third-order valence-corrected chi connectivity index (χ3v) is 6.81. The molecule has 8 heteroatoms. The fraction of sp³-hybridized carbons (Fsp3) is 0.333. The second-order valence-corrected chi connectivity index (χ2v) is 10.6. The van der Waals surface area contributed by atoms with Gasteiger partial charge in [0.2, 0.25) is 0 Å². The molecule has 0 radical (unpaired) electrons. The Balaban J connectivity index is 1.35. The van der Waals surface area contributed by atoms with E-state index in [1.54, 1.807) is 33.9 Å². The zero-order chi connectivity index (χ0) is 27.0. The van der Waals surface area contributed by atoms with Crippen LogP contribution in [0.25, 0.3) is 16.6 Å². The van der Waals surface area contributed by atoms with Crippen molar-refractivity contribution >= 4 is 17.0 Å². The average molecular weight is 518 g/mol. The summed E-state index contributed by atoms with van der Waals surface area (Å²) in [7, 11) is 2.03. The van der Waals surface area contributed by atoms with Crippen LogP contribution in [0.2, 0.25) is 0 Å². The van der Waals surface area contributed by atoms with Crippen LogP contribution in [0, 0.1) is 5.82 Å². The number of halogens is 1. The molecule has 3 heterocycles. The van der Waals surface area contributed by atoms with Gasteiger partial charge in [-0.2, -0.15) is 0 Å². The van der Waals surface area contributed by atoms with Gasteiger partial charge in [-0.15, -0.1) is 0 Å². The van der Waals surface area contributed by atoms with Crippen LogP contribution < -0.4 is 10.3 Å². The molecule has 4 aromatic rings. The van der Waals surface area contributed by atoms with Crippen molar-refractivity contribution in [2.24, 2.45) is 7.05 Å². The van der Waals surface area contributed by atoms with Crippen molar-refractivity contribution in [3.05, 3.63) is 93.8 Å². The minimum Gasteiger partial charge on any atom is -0.489 e. The minimum absolute atomic E-state index is 0.204. The van der Waals surface area contributed by atoms with Crippen molar-refractivity contribution in [1.29, 1.82) is 0 Å². The molecule has 1 aliphatic rings. The molecule has 198 valence electrons. The molecule has 38 heavy (non-hydrogen) atoms. The van der Waals surface area contributed by atoms with E-state index in [-0.39, 0.29) is 24.1 Å². The number of amides is 1. The second-order valence-electron chi connectivity index (χ2n) is 10.6. The van der Waals surface area contributed by atoms with Gasteiger partial charge in [0.05, 0.1) is 11.2 Å². The lowest BCUT2D eigenvalue weighted by Gasteiger charge is -2.26. The first-order valence-corrected chi connectivity index (χ1v) is 12.8. The van der Waals surface area contributed by atoms with E-state index in [0.29, 0.717) is 18.8 Å². The summed E-state index contributed by atoms with van der Waals surface area (Å²) in [4.78, 5) is 27.3. The van der Waals surface area contributed by atoms with E-state index < -0.39 is 5.60 Å². The molecule has 0 N–H and O–H groups in total. The second kappa shape index (κ2) is 10.0. The molecule has 5 rings (SSSR count). The van der Waals surface area contributed by atoms with Gasteiger partial charge >= 0.3 is 6.09 Å². The third-order valence-electron chi connectivity index (χ3n) is 6.81. The van der Waals surface area contributed by atoms with E-state index in [4.69, 9.17) is 9.47 Å². The van der Waals surface area contributed by atoms with Crippen molar-refractivity contribution < 1.29 is 18.7 Å². The summed E-state index contributed by atoms with van der Waals surface area (Å²) in [6.45, 7) is 7.07. The van der Waals surface area contributed by atoms with Gasteiger partial charge in [-0.1, -0.05) is 18.2 Å². The molecule has 0 bridgehead atoms. The van der Waals surface area contributed by atoms with Crippen molar-refractivity contribution in [2.75, 3.05) is 13.1 Å². The zero-order valence-corrected chi connectivity index (χ0v) is 22.2. The van der Waals surface area contributed by atoms with Gasteiger partial charge < -0.3 is 18.9 Å². The first-order valence-electron chi connectivity index (χ1n) is 12.8.